The minimum atomic E-state index is -0.296. The number of aryl methyl sites for hydroxylation is 1. The summed E-state index contributed by atoms with van der Waals surface area (Å²) in [5.74, 6) is 0.470. The second-order valence-electron chi connectivity index (χ2n) is 3.16. The molecule has 0 fully saturated rings. The number of ether oxygens (including phenoxy) is 1. The first-order valence-corrected chi connectivity index (χ1v) is 6.52. The molecule has 0 bridgehead atoms. The van der Waals surface area contributed by atoms with Gasteiger partial charge in [0.05, 0.1) is 6.61 Å². The van der Waals surface area contributed by atoms with E-state index in [9.17, 15) is 4.79 Å². The van der Waals surface area contributed by atoms with Crippen molar-refractivity contribution in [3.63, 3.8) is 0 Å². The summed E-state index contributed by atoms with van der Waals surface area (Å²) in [5, 5.41) is 0.984. The van der Waals surface area contributed by atoms with Crippen LogP contribution < -0.4 is 0 Å². The number of carbonyl (C=O) groups is 1. The third-order valence-corrected chi connectivity index (χ3v) is 3.50. The predicted molar refractivity (Wildman–Crippen MR) is 69.5 cm³/mol. The molecule has 1 aromatic rings. The maximum Gasteiger partial charge on any atom is 0.367 e. The fraction of sp³-hybridized carbons (Fsp3) is 0.364. The lowest BCUT2D eigenvalue weighted by atomic mass is 10.2. The molecule has 0 aliphatic heterocycles. The van der Waals surface area contributed by atoms with Crippen LogP contribution in [0.15, 0.2) is 12.1 Å². The minimum absolute atomic E-state index is 0.296. The van der Waals surface area contributed by atoms with Gasteiger partial charge in [-0.1, -0.05) is 23.2 Å². The van der Waals surface area contributed by atoms with Crippen molar-refractivity contribution in [2.75, 3.05) is 6.61 Å². The van der Waals surface area contributed by atoms with E-state index in [-0.39, 0.29) is 5.30 Å². The van der Waals surface area contributed by atoms with E-state index in [1.54, 1.807) is 19.1 Å². The number of benzene rings is 1. The minimum Gasteiger partial charge on any atom is -0.458 e. The van der Waals surface area contributed by atoms with Crippen LogP contribution in [0.3, 0.4) is 0 Å². The fourth-order valence-corrected chi connectivity index (χ4v) is 2.36. The molecular formula is C11H12Cl2O2S. The monoisotopic (exact) mass is 278 g/mol. The van der Waals surface area contributed by atoms with Gasteiger partial charge in [0.2, 0.25) is 0 Å². The van der Waals surface area contributed by atoms with E-state index in [2.05, 4.69) is 0 Å². The van der Waals surface area contributed by atoms with Crippen molar-refractivity contribution >= 4 is 40.3 Å². The van der Waals surface area contributed by atoms with Gasteiger partial charge < -0.3 is 4.74 Å². The van der Waals surface area contributed by atoms with Crippen LogP contribution in [-0.4, -0.2) is 11.9 Å². The van der Waals surface area contributed by atoms with E-state index in [4.69, 9.17) is 27.9 Å². The summed E-state index contributed by atoms with van der Waals surface area (Å²) < 4.78 is 4.81. The molecule has 0 atom stereocenters. The van der Waals surface area contributed by atoms with Gasteiger partial charge in [-0.25, -0.2) is 4.79 Å². The second kappa shape index (κ2) is 6.38. The molecule has 0 heterocycles. The highest BCUT2D eigenvalue weighted by Crippen LogP contribution is 2.28. The van der Waals surface area contributed by atoms with Crippen LogP contribution in [0.25, 0.3) is 0 Å². The molecule has 0 radical (unpaired) electrons. The van der Waals surface area contributed by atoms with Crippen LogP contribution in [0.4, 0.5) is 4.79 Å². The maximum absolute atomic E-state index is 11.1. The molecular weight excluding hydrogens is 267 g/mol. The Hall–Kier alpha value is -0.380. The Labute approximate surface area is 109 Å². The lowest BCUT2D eigenvalue weighted by molar-refractivity contribution is 0.181. The average molecular weight is 279 g/mol. The van der Waals surface area contributed by atoms with Crippen molar-refractivity contribution in [2.45, 2.75) is 19.6 Å². The second-order valence-corrected chi connectivity index (χ2v) is 4.89. The third kappa shape index (κ3) is 3.89. The van der Waals surface area contributed by atoms with E-state index in [0.29, 0.717) is 22.4 Å². The van der Waals surface area contributed by atoms with Crippen molar-refractivity contribution < 1.29 is 9.53 Å². The number of halogens is 2. The lowest BCUT2D eigenvalue weighted by Crippen LogP contribution is -1.97. The van der Waals surface area contributed by atoms with E-state index in [1.165, 1.54) is 0 Å². The zero-order valence-electron chi connectivity index (χ0n) is 9.05. The zero-order chi connectivity index (χ0) is 12.1. The Morgan fingerprint density at radius 1 is 1.38 bits per heavy atom. The first-order valence-electron chi connectivity index (χ1n) is 4.78. The van der Waals surface area contributed by atoms with Crippen molar-refractivity contribution in [2.24, 2.45) is 0 Å². The summed E-state index contributed by atoms with van der Waals surface area (Å²) in [6.45, 7) is 4.04. The number of rotatable bonds is 3. The lowest BCUT2D eigenvalue weighted by Gasteiger charge is -2.06. The molecule has 0 saturated carbocycles. The topological polar surface area (TPSA) is 26.3 Å². The summed E-state index contributed by atoms with van der Waals surface area (Å²) in [6.07, 6.45) is 0. The molecule has 2 nitrogen and oxygen atoms in total. The van der Waals surface area contributed by atoms with Crippen LogP contribution in [0.2, 0.25) is 10.0 Å². The van der Waals surface area contributed by atoms with E-state index < -0.39 is 0 Å². The van der Waals surface area contributed by atoms with Crippen molar-refractivity contribution in [1.82, 2.24) is 0 Å². The summed E-state index contributed by atoms with van der Waals surface area (Å²) in [5.41, 5.74) is 1.77. The Balaban J connectivity index is 2.67. The number of carbonyl (C=O) groups excluding carboxylic acids is 1. The molecule has 16 heavy (non-hydrogen) atoms. The van der Waals surface area contributed by atoms with Gasteiger partial charge in [0.25, 0.3) is 0 Å². The maximum atomic E-state index is 11.1. The van der Waals surface area contributed by atoms with E-state index in [0.717, 1.165) is 22.9 Å². The normalized spacial score (nSPS) is 10.2. The molecule has 1 rings (SSSR count). The number of thioether (sulfide) groups is 1. The highest BCUT2D eigenvalue weighted by molar-refractivity contribution is 8.12. The van der Waals surface area contributed by atoms with Crippen LogP contribution >= 0.6 is 35.0 Å². The van der Waals surface area contributed by atoms with Gasteiger partial charge in [-0.05, 0) is 48.9 Å². The molecule has 0 aliphatic carbocycles. The van der Waals surface area contributed by atoms with Gasteiger partial charge in [-0.3, -0.25) is 0 Å². The summed E-state index contributed by atoms with van der Waals surface area (Å²) in [7, 11) is 0. The molecule has 0 aromatic heterocycles. The van der Waals surface area contributed by atoms with Crippen LogP contribution in [-0.2, 0) is 10.5 Å². The van der Waals surface area contributed by atoms with Gasteiger partial charge in [-0.15, -0.1) is 0 Å². The first kappa shape index (κ1) is 13.7. The van der Waals surface area contributed by atoms with Gasteiger partial charge in [0, 0.05) is 15.8 Å². The molecule has 0 aliphatic rings. The molecule has 88 valence electrons. The van der Waals surface area contributed by atoms with E-state index in [1.807, 2.05) is 6.92 Å². The van der Waals surface area contributed by atoms with Gasteiger partial charge in [0.15, 0.2) is 0 Å². The Kier molecular flexibility index (Phi) is 5.46. The standard InChI is InChI=1S/C11H12Cl2O2S/c1-3-15-11(14)16-6-8-5-9(12)7(2)4-10(8)13/h4-5H,3,6H2,1-2H3. The van der Waals surface area contributed by atoms with Crippen molar-refractivity contribution in [1.29, 1.82) is 0 Å². The van der Waals surface area contributed by atoms with Crippen molar-refractivity contribution in [3.8, 4) is 0 Å². The summed E-state index contributed by atoms with van der Waals surface area (Å²) in [4.78, 5) is 11.1. The third-order valence-electron chi connectivity index (χ3n) is 1.94. The molecule has 0 N–H and O–H groups in total. The highest BCUT2D eigenvalue weighted by atomic mass is 35.5. The fourth-order valence-electron chi connectivity index (χ4n) is 1.09. The van der Waals surface area contributed by atoms with Crippen LogP contribution in [0.5, 0.6) is 0 Å². The molecule has 0 saturated heterocycles. The average Bonchev–Trinajstić information content (AvgIpc) is 2.22. The summed E-state index contributed by atoms with van der Waals surface area (Å²) >= 11 is 13.1. The Bertz CT molecular complexity index is 394. The zero-order valence-corrected chi connectivity index (χ0v) is 11.4. The van der Waals surface area contributed by atoms with E-state index >= 15 is 0 Å². The molecule has 1 aromatic carbocycles. The van der Waals surface area contributed by atoms with Gasteiger partial charge in [-0.2, -0.15) is 0 Å². The molecule has 0 amide bonds. The van der Waals surface area contributed by atoms with Crippen molar-refractivity contribution in [3.05, 3.63) is 33.3 Å². The van der Waals surface area contributed by atoms with Gasteiger partial charge >= 0.3 is 5.30 Å². The predicted octanol–water partition coefficient (Wildman–Crippen LogP) is 4.69. The Morgan fingerprint density at radius 2 is 2.06 bits per heavy atom. The SMILES string of the molecule is CCOC(=O)SCc1cc(Cl)c(C)cc1Cl. The van der Waals surface area contributed by atoms with Crippen LogP contribution in [0, 0.1) is 6.92 Å². The van der Waals surface area contributed by atoms with Gasteiger partial charge in [0.1, 0.15) is 0 Å². The molecule has 0 unspecified atom stereocenters. The Morgan fingerprint density at radius 3 is 2.69 bits per heavy atom. The number of hydrogen-bond acceptors (Lipinski definition) is 3. The largest absolute Gasteiger partial charge is 0.458 e. The quantitative estimate of drug-likeness (QED) is 0.751. The van der Waals surface area contributed by atoms with Crippen LogP contribution in [0.1, 0.15) is 18.1 Å². The molecule has 0 spiro atoms. The summed E-state index contributed by atoms with van der Waals surface area (Å²) in [6, 6.07) is 3.58. The number of hydrogen-bond donors (Lipinski definition) is 0. The smallest absolute Gasteiger partial charge is 0.367 e. The first-order chi connectivity index (χ1) is 7.54. The molecule has 5 heteroatoms. The highest BCUT2D eigenvalue weighted by Gasteiger charge is 2.08.